The summed E-state index contributed by atoms with van der Waals surface area (Å²) in [5, 5.41) is 9.47. The Morgan fingerprint density at radius 1 is 1.04 bits per heavy atom. The predicted molar refractivity (Wildman–Crippen MR) is 106 cm³/mol. The number of nitrogens with zero attached hydrogens (tertiary/aromatic N) is 4. The number of anilines is 1. The Balaban J connectivity index is 1.67. The summed E-state index contributed by atoms with van der Waals surface area (Å²) in [5.74, 6) is 3.08. The summed E-state index contributed by atoms with van der Waals surface area (Å²) < 4.78 is 1.99. The van der Waals surface area contributed by atoms with Gasteiger partial charge in [0.25, 0.3) is 0 Å². The van der Waals surface area contributed by atoms with Gasteiger partial charge in [0, 0.05) is 10.6 Å². The first-order valence-electron chi connectivity index (χ1n) is 7.69. The van der Waals surface area contributed by atoms with Crippen molar-refractivity contribution in [3.8, 4) is 0 Å². The minimum atomic E-state index is 0.575. The Hall–Kier alpha value is -0.900. The number of hydrogen-bond acceptors (Lipinski definition) is 9. The van der Waals surface area contributed by atoms with Crippen LogP contribution in [0.2, 0.25) is 0 Å². The first-order chi connectivity index (χ1) is 11.6. The van der Waals surface area contributed by atoms with Crippen molar-refractivity contribution < 1.29 is 0 Å². The molecule has 0 unspecified atom stereocenters. The van der Waals surface area contributed by atoms with Gasteiger partial charge in [-0.3, -0.25) is 0 Å². The molecule has 24 heavy (non-hydrogen) atoms. The van der Waals surface area contributed by atoms with Crippen molar-refractivity contribution >= 4 is 62.2 Å². The molecule has 5 nitrogen and oxygen atoms in total. The highest BCUT2D eigenvalue weighted by Gasteiger charge is 2.13. The summed E-state index contributed by atoms with van der Waals surface area (Å²) >= 11 is 6.71. The number of nitrogen functional groups attached to an aromatic ring is 1. The zero-order valence-corrected chi connectivity index (χ0v) is 17.1. The van der Waals surface area contributed by atoms with Crippen molar-refractivity contribution in [1.29, 1.82) is 0 Å². The fourth-order valence-corrected chi connectivity index (χ4v) is 6.22. The third-order valence-corrected chi connectivity index (χ3v) is 7.91. The zero-order valence-electron chi connectivity index (χ0n) is 13.8. The lowest BCUT2D eigenvalue weighted by Crippen LogP contribution is -1.99. The molecule has 0 amide bonds. The van der Waals surface area contributed by atoms with E-state index in [9.17, 15) is 0 Å². The number of thioether (sulfide) groups is 2. The number of aryl methyl sites for hydroxylation is 2. The molecule has 9 heteroatoms. The second-order valence-corrected chi connectivity index (χ2v) is 10.1. The summed E-state index contributed by atoms with van der Waals surface area (Å²) in [6.45, 7) is 6.36. The highest BCUT2D eigenvalue weighted by Crippen LogP contribution is 2.34. The maximum atomic E-state index is 6.13. The molecule has 0 saturated carbocycles. The van der Waals surface area contributed by atoms with Gasteiger partial charge in [-0.15, -0.1) is 21.5 Å². The molecule has 0 aliphatic rings. The van der Waals surface area contributed by atoms with Crippen LogP contribution in [0.3, 0.4) is 0 Å². The standard InChI is InChI=1S/C15H19N5S4/c1-4-5-6-21-14-19-20-15(24-14)22-7-10-17-12(16)11-8(2)9(3)23-13(11)18-10/h4-7H2,1-3H3,(H2,16,17,18). The normalized spacial score (nSPS) is 11.5. The quantitative estimate of drug-likeness (QED) is 0.447. The molecule has 0 fully saturated rings. The SMILES string of the molecule is CCCCSc1nnc(SCc2nc(N)c3c(C)c(C)sc3n2)s1. The molecule has 3 aromatic rings. The smallest absolute Gasteiger partial charge is 0.175 e. The van der Waals surface area contributed by atoms with Gasteiger partial charge >= 0.3 is 0 Å². The molecule has 2 N–H and O–H groups in total. The van der Waals surface area contributed by atoms with Gasteiger partial charge < -0.3 is 5.73 Å². The fourth-order valence-electron chi connectivity index (χ4n) is 2.14. The molecular weight excluding hydrogens is 378 g/mol. The van der Waals surface area contributed by atoms with Gasteiger partial charge in [0.05, 0.1) is 11.1 Å². The largest absolute Gasteiger partial charge is 0.383 e. The molecule has 0 bridgehead atoms. The summed E-state index contributed by atoms with van der Waals surface area (Å²) in [6.07, 6.45) is 2.41. The van der Waals surface area contributed by atoms with E-state index in [0.29, 0.717) is 11.6 Å². The molecule has 3 rings (SSSR count). The van der Waals surface area contributed by atoms with Crippen molar-refractivity contribution in [3.63, 3.8) is 0 Å². The van der Waals surface area contributed by atoms with Crippen LogP contribution < -0.4 is 5.73 Å². The molecule has 0 radical (unpaired) electrons. The second-order valence-electron chi connectivity index (χ2n) is 5.31. The molecule has 0 aliphatic carbocycles. The molecule has 0 spiro atoms. The predicted octanol–water partition coefficient (Wildman–Crippen LogP) is 4.93. The monoisotopic (exact) mass is 397 g/mol. The van der Waals surface area contributed by atoms with Crippen molar-refractivity contribution in [1.82, 2.24) is 20.2 Å². The van der Waals surface area contributed by atoms with E-state index >= 15 is 0 Å². The minimum Gasteiger partial charge on any atom is -0.383 e. The number of thiophene rings is 1. The molecule has 3 heterocycles. The molecule has 128 valence electrons. The van der Waals surface area contributed by atoms with E-state index in [1.165, 1.54) is 23.3 Å². The van der Waals surface area contributed by atoms with Crippen LogP contribution in [-0.4, -0.2) is 25.9 Å². The topological polar surface area (TPSA) is 77.6 Å². The van der Waals surface area contributed by atoms with Gasteiger partial charge in [0.1, 0.15) is 16.5 Å². The number of fused-ring (bicyclic) bond motifs is 1. The van der Waals surface area contributed by atoms with Gasteiger partial charge in [-0.1, -0.05) is 48.2 Å². The maximum Gasteiger partial charge on any atom is 0.175 e. The van der Waals surface area contributed by atoms with Crippen molar-refractivity contribution in [2.24, 2.45) is 0 Å². The number of hydrogen-bond donors (Lipinski definition) is 1. The number of nitrogens with two attached hydrogens (primary N) is 1. The molecule has 0 aliphatic heterocycles. The highest BCUT2D eigenvalue weighted by atomic mass is 32.2. The lowest BCUT2D eigenvalue weighted by molar-refractivity contribution is 0.892. The first-order valence-corrected chi connectivity index (χ1v) is 11.3. The van der Waals surface area contributed by atoms with Gasteiger partial charge in [-0.05, 0) is 25.8 Å². The lowest BCUT2D eigenvalue weighted by Gasteiger charge is -2.02. The summed E-state index contributed by atoms with van der Waals surface area (Å²) in [6, 6.07) is 0. The third kappa shape index (κ3) is 4.01. The third-order valence-electron chi connectivity index (χ3n) is 3.54. The van der Waals surface area contributed by atoms with Crippen molar-refractivity contribution in [3.05, 3.63) is 16.3 Å². The van der Waals surface area contributed by atoms with E-state index in [1.54, 1.807) is 46.2 Å². The zero-order chi connectivity index (χ0) is 17.1. The van der Waals surface area contributed by atoms with Gasteiger partial charge in [0.15, 0.2) is 8.68 Å². The van der Waals surface area contributed by atoms with Crippen LogP contribution in [0.4, 0.5) is 5.82 Å². The van der Waals surface area contributed by atoms with E-state index in [4.69, 9.17) is 5.73 Å². The Labute approximate surface area is 157 Å². The molecule has 0 aromatic carbocycles. The van der Waals surface area contributed by atoms with Gasteiger partial charge in [-0.2, -0.15) is 0 Å². The van der Waals surface area contributed by atoms with Crippen molar-refractivity contribution in [2.75, 3.05) is 11.5 Å². The molecule has 0 atom stereocenters. The van der Waals surface area contributed by atoms with E-state index < -0.39 is 0 Å². The first kappa shape index (κ1) is 17.9. The Kier molecular flexibility index (Phi) is 5.96. The average molecular weight is 398 g/mol. The maximum absolute atomic E-state index is 6.13. The molecule has 3 aromatic heterocycles. The van der Waals surface area contributed by atoms with Crippen molar-refractivity contribution in [2.45, 2.75) is 48.0 Å². The Bertz CT molecular complexity index is 842. The van der Waals surface area contributed by atoms with Crippen LogP contribution in [0.15, 0.2) is 8.68 Å². The van der Waals surface area contributed by atoms with Crippen LogP contribution in [0.25, 0.3) is 10.2 Å². The summed E-state index contributed by atoms with van der Waals surface area (Å²) in [5.41, 5.74) is 7.31. The number of rotatable bonds is 7. The molecular formula is C15H19N5S4. The van der Waals surface area contributed by atoms with Gasteiger partial charge in [0.2, 0.25) is 0 Å². The number of aromatic nitrogens is 4. The lowest BCUT2D eigenvalue weighted by atomic mass is 10.2. The van der Waals surface area contributed by atoms with Crippen LogP contribution >= 0.6 is 46.2 Å². The molecule has 0 saturated heterocycles. The Morgan fingerprint density at radius 2 is 1.79 bits per heavy atom. The van der Waals surface area contributed by atoms with Crippen LogP contribution in [0.1, 0.15) is 36.0 Å². The van der Waals surface area contributed by atoms with Crippen LogP contribution in [0.5, 0.6) is 0 Å². The summed E-state index contributed by atoms with van der Waals surface area (Å²) in [4.78, 5) is 11.3. The van der Waals surface area contributed by atoms with E-state index in [2.05, 4.69) is 40.9 Å². The summed E-state index contributed by atoms with van der Waals surface area (Å²) in [7, 11) is 0. The van der Waals surface area contributed by atoms with Crippen LogP contribution in [0, 0.1) is 13.8 Å². The number of unbranched alkanes of at least 4 members (excludes halogenated alkanes) is 1. The average Bonchev–Trinajstić information content (AvgIpc) is 3.11. The second kappa shape index (κ2) is 7.99. The van der Waals surface area contributed by atoms with Gasteiger partial charge in [-0.25, -0.2) is 9.97 Å². The van der Waals surface area contributed by atoms with E-state index in [0.717, 1.165) is 30.5 Å². The van der Waals surface area contributed by atoms with E-state index in [-0.39, 0.29) is 0 Å². The Morgan fingerprint density at radius 3 is 2.54 bits per heavy atom. The van der Waals surface area contributed by atoms with E-state index in [1.807, 2.05) is 0 Å². The van der Waals surface area contributed by atoms with Crippen LogP contribution in [-0.2, 0) is 5.75 Å². The fraction of sp³-hybridized carbons (Fsp3) is 0.467. The highest BCUT2D eigenvalue weighted by molar-refractivity contribution is 8.02. The minimum absolute atomic E-state index is 0.575.